The van der Waals surface area contributed by atoms with Gasteiger partial charge in [-0.05, 0) is 49.6 Å². The second-order valence-electron chi connectivity index (χ2n) is 9.62. The van der Waals surface area contributed by atoms with Crippen molar-refractivity contribution in [3.63, 3.8) is 0 Å². The van der Waals surface area contributed by atoms with Crippen molar-refractivity contribution in [2.75, 3.05) is 57.3 Å². The SMILES string of the molecule is CCN1CCN(CCOc2ccc(C3(O)CCN(c4ccc5nnc(C(F)(F)F)n5n4)CC3)cc2)CC1=O. The number of piperazine rings is 1. The third-order valence-corrected chi connectivity index (χ3v) is 7.26. The number of rotatable bonds is 7. The first-order valence-corrected chi connectivity index (χ1v) is 12.7. The fourth-order valence-electron chi connectivity index (χ4n) is 4.96. The van der Waals surface area contributed by atoms with Gasteiger partial charge in [-0.1, -0.05) is 12.1 Å². The van der Waals surface area contributed by atoms with Crippen LogP contribution in [0.1, 0.15) is 31.2 Å². The molecule has 0 bridgehead atoms. The van der Waals surface area contributed by atoms with Gasteiger partial charge in [-0.25, -0.2) is 0 Å². The first-order chi connectivity index (χ1) is 18.2. The van der Waals surface area contributed by atoms with Gasteiger partial charge in [-0.3, -0.25) is 9.69 Å². The van der Waals surface area contributed by atoms with Crippen LogP contribution in [0.25, 0.3) is 5.65 Å². The molecule has 10 nitrogen and oxygen atoms in total. The standard InChI is InChI=1S/C25H30F3N7O3/c1-2-33-14-13-32(17-22(33)36)15-16-38-19-5-3-18(4-6-19)24(37)9-11-34(12-10-24)21-8-7-20-29-30-23(25(26,27)28)35(20)31-21/h3-8,37H,2,9-17H2,1H3. The van der Waals surface area contributed by atoms with Gasteiger partial charge in [0.05, 0.1) is 12.1 Å². The van der Waals surface area contributed by atoms with Crippen molar-refractivity contribution in [2.45, 2.75) is 31.5 Å². The molecule has 204 valence electrons. The Hall–Kier alpha value is -3.45. The van der Waals surface area contributed by atoms with E-state index in [2.05, 4.69) is 20.2 Å². The predicted molar refractivity (Wildman–Crippen MR) is 132 cm³/mol. The molecule has 0 radical (unpaired) electrons. The largest absolute Gasteiger partial charge is 0.492 e. The summed E-state index contributed by atoms with van der Waals surface area (Å²) in [6.07, 6.45) is -3.88. The van der Waals surface area contributed by atoms with Crippen LogP contribution in [0, 0.1) is 0 Å². The molecule has 0 spiro atoms. The lowest BCUT2D eigenvalue weighted by Crippen LogP contribution is -2.50. The zero-order chi connectivity index (χ0) is 26.9. The van der Waals surface area contributed by atoms with E-state index in [-0.39, 0.29) is 11.6 Å². The zero-order valence-electron chi connectivity index (χ0n) is 21.1. The molecule has 1 N–H and O–H groups in total. The minimum absolute atomic E-state index is 0.0180. The summed E-state index contributed by atoms with van der Waals surface area (Å²) in [6, 6.07) is 10.4. The van der Waals surface area contributed by atoms with Crippen molar-refractivity contribution in [3.05, 3.63) is 47.8 Å². The number of piperidine rings is 1. The molecule has 5 rings (SSSR count). The number of ether oxygens (including phenoxy) is 1. The van der Waals surface area contributed by atoms with Crippen LogP contribution in [-0.2, 0) is 16.6 Å². The Morgan fingerprint density at radius 1 is 1.03 bits per heavy atom. The monoisotopic (exact) mass is 533 g/mol. The summed E-state index contributed by atoms with van der Waals surface area (Å²) in [4.78, 5) is 17.8. The predicted octanol–water partition coefficient (Wildman–Crippen LogP) is 2.17. The van der Waals surface area contributed by atoms with E-state index in [0.717, 1.165) is 25.2 Å². The number of benzene rings is 1. The normalized spacial score (nSPS) is 18.8. The van der Waals surface area contributed by atoms with Crippen molar-refractivity contribution >= 4 is 17.4 Å². The van der Waals surface area contributed by atoms with E-state index in [1.54, 1.807) is 6.07 Å². The number of likely N-dealkylation sites (N-methyl/N-ethyl adjacent to an activating group) is 1. The summed E-state index contributed by atoms with van der Waals surface area (Å²) in [7, 11) is 0. The Kier molecular flexibility index (Phi) is 7.14. The smallest absolute Gasteiger partial charge is 0.453 e. The number of fused-ring (bicyclic) bond motifs is 1. The number of anilines is 1. The highest BCUT2D eigenvalue weighted by molar-refractivity contribution is 5.78. The Labute approximate surface area is 217 Å². The molecule has 2 fully saturated rings. The third-order valence-electron chi connectivity index (χ3n) is 7.26. The highest BCUT2D eigenvalue weighted by Gasteiger charge is 2.38. The number of carbonyl (C=O) groups is 1. The molecule has 2 saturated heterocycles. The van der Waals surface area contributed by atoms with Crippen LogP contribution in [0.2, 0.25) is 0 Å². The van der Waals surface area contributed by atoms with Crippen molar-refractivity contribution in [2.24, 2.45) is 0 Å². The maximum atomic E-state index is 13.2. The number of alkyl halides is 3. The summed E-state index contributed by atoms with van der Waals surface area (Å²) in [6.45, 7) is 6.64. The Balaban J connectivity index is 1.15. The van der Waals surface area contributed by atoms with Crippen LogP contribution in [0.3, 0.4) is 0 Å². The van der Waals surface area contributed by atoms with Crippen LogP contribution in [0.15, 0.2) is 36.4 Å². The molecular formula is C25H30F3N7O3. The van der Waals surface area contributed by atoms with Crippen molar-refractivity contribution < 1.29 is 27.8 Å². The van der Waals surface area contributed by atoms with Crippen molar-refractivity contribution in [1.29, 1.82) is 0 Å². The molecule has 13 heteroatoms. The average Bonchev–Trinajstić information content (AvgIpc) is 3.34. The first kappa shape index (κ1) is 26.2. The number of amides is 1. The Morgan fingerprint density at radius 3 is 2.42 bits per heavy atom. The number of hydrogen-bond acceptors (Lipinski definition) is 8. The maximum absolute atomic E-state index is 13.2. The number of hydrogen-bond donors (Lipinski definition) is 1. The van der Waals surface area contributed by atoms with Gasteiger partial charge in [0.1, 0.15) is 18.2 Å². The summed E-state index contributed by atoms with van der Waals surface area (Å²) >= 11 is 0. The van der Waals surface area contributed by atoms with E-state index in [9.17, 15) is 23.1 Å². The fourth-order valence-corrected chi connectivity index (χ4v) is 4.96. The lowest BCUT2D eigenvalue weighted by molar-refractivity contribution is -0.146. The van der Waals surface area contributed by atoms with E-state index in [1.807, 2.05) is 41.0 Å². The van der Waals surface area contributed by atoms with Gasteiger partial charge in [-0.2, -0.15) is 17.7 Å². The summed E-state index contributed by atoms with van der Waals surface area (Å²) in [5.41, 5.74) is -0.289. The van der Waals surface area contributed by atoms with E-state index >= 15 is 0 Å². The van der Waals surface area contributed by atoms with Crippen molar-refractivity contribution in [1.82, 2.24) is 29.6 Å². The van der Waals surface area contributed by atoms with E-state index in [0.29, 0.717) is 61.7 Å². The second-order valence-corrected chi connectivity index (χ2v) is 9.62. The van der Waals surface area contributed by atoms with Gasteiger partial charge in [-0.15, -0.1) is 15.3 Å². The van der Waals surface area contributed by atoms with Gasteiger partial charge in [0.25, 0.3) is 5.82 Å². The van der Waals surface area contributed by atoms with Gasteiger partial charge in [0.2, 0.25) is 5.91 Å². The van der Waals surface area contributed by atoms with Gasteiger partial charge >= 0.3 is 6.18 Å². The average molecular weight is 534 g/mol. The zero-order valence-corrected chi connectivity index (χ0v) is 21.1. The van der Waals surface area contributed by atoms with Crippen LogP contribution in [0.5, 0.6) is 5.75 Å². The Bertz CT molecular complexity index is 1270. The molecule has 38 heavy (non-hydrogen) atoms. The number of aromatic nitrogens is 4. The molecule has 0 atom stereocenters. The van der Waals surface area contributed by atoms with Crippen LogP contribution >= 0.6 is 0 Å². The van der Waals surface area contributed by atoms with E-state index in [1.165, 1.54) is 6.07 Å². The molecule has 2 aliphatic rings. The fraction of sp³-hybridized carbons (Fsp3) is 0.520. The molecule has 4 heterocycles. The number of aliphatic hydroxyl groups is 1. The highest BCUT2D eigenvalue weighted by atomic mass is 19.4. The topological polar surface area (TPSA) is 99.3 Å². The highest BCUT2D eigenvalue weighted by Crippen LogP contribution is 2.35. The molecule has 0 saturated carbocycles. The van der Waals surface area contributed by atoms with Crippen LogP contribution in [-0.4, -0.2) is 93.0 Å². The molecule has 3 aromatic rings. The molecule has 2 aliphatic heterocycles. The van der Waals surface area contributed by atoms with Gasteiger partial charge in [0, 0.05) is 39.3 Å². The summed E-state index contributed by atoms with van der Waals surface area (Å²) in [5, 5.41) is 22.2. The van der Waals surface area contributed by atoms with Crippen LogP contribution < -0.4 is 9.64 Å². The van der Waals surface area contributed by atoms with E-state index < -0.39 is 17.6 Å². The third kappa shape index (κ3) is 5.39. The molecule has 2 aromatic heterocycles. The summed E-state index contributed by atoms with van der Waals surface area (Å²) in [5.74, 6) is 0.0212. The van der Waals surface area contributed by atoms with Gasteiger partial charge in [0.15, 0.2) is 5.65 Å². The minimum Gasteiger partial charge on any atom is -0.492 e. The molecule has 1 amide bonds. The lowest BCUT2D eigenvalue weighted by Gasteiger charge is -2.39. The maximum Gasteiger partial charge on any atom is 0.453 e. The van der Waals surface area contributed by atoms with Crippen molar-refractivity contribution in [3.8, 4) is 5.75 Å². The number of carbonyl (C=O) groups excluding carboxylic acids is 1. The molecular weight excluding hydrogens is 503 g/mol. The quantitative estimate of drug-likeness (QED) is 0.494. The number of nitrogens with zero attached hydrogens (tertiary/aromatic N) is 7. The Morgan fingerprint density at radius 2 is 1.76 bits per heavy atom. The van der Waals surface area contributed by atoms with Crippen LogP contribution in [0.4, 0.5) is 19.0 Å². The minimum atomic E-state index is -4.66. The van der Waals surface area contributed by atoms with Gasteiger partial charge < -0.3 is 19.6 Å². The lowest BCUT2D eigenvalue weighted by atomic mass is 9.84. The summed E-state index contributed by atoms with van der Waals surface area (Å²) < 4.78 is 46.2. The van der Waals surface area contributed by atoms with E-state index in [4.69, 9.17) is 4.74 Å². The molecule has 0 aliphatic carbocycles. The number of halogens is 3. The second kappa shape index (κ2) is 10.4. The molecule has 0 unspecified atom stereocenters. The molecule has 1 aromatic carbocycles. The first-order valence-electron chi connectivity index (χ1n) is 12.7.